The summed E-state index contributed by atoms with van der Waals surface area (Å²) in [6.07, 6.45) is 0. The van der Waals surface area contributed by atoms with Crippen molar-refractivity contribution >= 4 is 16.5 Å². The van der Waals surface area contributed by atoms with E-state index >= 15 is 0 Å². The van der Waals surface area contributed by atoms with E-state index in [0.717, 1.165) is 23.9 Å². The van der Waals surface area contributed by atoms with E-state index in [2.05, 4.69) is 27.9 Å². The molecule has 2 heterocycles. The molecule has 1 aromatic heterocycles. The van der Waals surface area contributed by atoms with Gasteiger partial charge in [-0.05, 0) is 13.8 Å². The maximum absolute atomic E-state index is 4.36. The standard InChI is InChI=1S/C8H13N3S/c1-6-3-12-7(10-6)11-8(2)4-9-5-8/h3,9H,4-5H2,1-2H3,(H,10,11). The van der Waals surface area contributed by atoms with Crippen molar-refractivity contribution in [1.29, 1.82) is 0 Å². The Balaban J connectivity index is 2.03. The quantitative estimate of drug-likeness (QED) is 0.724. The molecule has 0 atom stereocenters. The highest BCUT2D eigenvalue weighted by molar-refractivity contribution is 7.13. The molecule has 2 rings (SSSR count). The van der Waals surface area contributed by atoms with E-state index in [9.17, 15) is 0 Å². The Morgan fingerprint density at radius 3 is 2.83 bits per heavy atom. The van der Waals surface area contributed by atoms with Gasteiger partial charge in [-0.25, -0.2) is 4.98 Å². The summed E-state index contributed by atoms with van der Waals surface area (Å²) in [6, 6.07) is 0. The van der Waals surface area contributed by atoms with E-state index in [4.69, 9.17) is 0 Å². The molecule has 0 radical (unpaired) electrons. The minimum Gasteiger partial charge on any atom is -0.354 e. The number of thiazole rings is 1. The van der Waals surface area contributed by atoms with Crippen LogP contribution in [0.2, 0.25) is 0 Å². The van der Waals surface area contributed by atoms with Crippen molar-refractivity contribution < 1.29 is 0 Å². The molecule has 0 amide bonds. The van der Waals surface area contributed by atoms with Gasteiger partial charge in [0.15, 0.2) is 5.13 Å². The smallest absolute Gasteiger partial charge is 0.183 e. The molecule has 1 fully saturated rings. The largest absolute Gasteiger partial charge is 0.354 e. The van der Waals surface area contributed by atoms with Crippen molar-refractivity contribution in [2.24, 2.45) is 0 Å². The van der Waals surface area contributed by atoms with E-state index in [0.29, 0.717) is 0 Å². The molecule has 1 aliphatic heterocycles. The van der Waals surface area contributed by atoms with Crippen LogP contribution in [0.4, 0.5) is 5.13 Å². The molecular formula is C8H13N3S. The van der Waals surface area contributed by atoms with Gasteiger partial charge in [-0.15, -0.1) is 11.3 Å². The molecule has 1 saturated heterocycles. The first kappa shape index (κ1) is 8.01. The summed E-state index contributed by atoms with van der Waals surface area (Å²) in [5.74, 6) is 0. The van der Waals surface area contributed by atoms with Crippen LogP contribution in [-0.2, 0) is 0 Å². The predicted octanol–water partition coefficient (Wildman–Crippen LogP) is 1.23. The summed E-state index contributed by atoms with van der Waals surface area (Å²) in [5, 5.41) is 9.77. The fraction of sp³-hybridized carbons (Fsp3) is 0.625. The number of aryl methyl sites for hydroxylation is 1. The van der Waals surface area contributed by atoms with Gasteiger partial charge in [0.05, 0.1) is 11.2 Å². The van der Waals surface area contributed by atoms with E-state index in [1.54, 1.807) is 11.3 Å². The van der Waals surface area contributed by atoms with Gasteiger partial charge in [0.1, 0.15) is 0 Å². The van der Waals surface area contributed by atoms with Crippen LogP contribution in [0.5, 0.6) is 0 Å². The summed E-state index contributed by atoms with van der Waals surface area (Å²) in [7, 11) is 0. The molecule has 1 aromatic rings. The fourth-order valence-corrected chi connectivity index (χ4v) is 2.09. The molecule has 4 heteroatoms. The van der Waals surface area contributed by atoms with Crippen molar-refractivity contribution in [2.75, 3.05) is 18.4 Å². The highest BCUT2D eigenvalue weighted by Gasteiger charge is 2.31. The first-order chi connectivity index (χ1) is 5.68. The van der Waals surface area contributed by atoms with Gasteiger partial charge < -0.3 is 10.6 Å². The minimum absolute atomic E-state index is 0.226. The molecule has 0 saturated carbocycles. The lowest BCUT2D eigenvalue weighted by Gasteiger charge is -2.39. The zero-order chi connectivity index (χ0) is 8.60. The van der Waals surface area contributed by atoms with Crippen LogP contribution < -0.4 is 10.6 Å². The Hall–Kier alpha value is -0.610. The Kier molecular flexibility index (Phi) is 1.81. The number of hydrogen-bond acceptors (Lipinski definition) is 4. The second kappa shape index (κ2) is 2.71. The maximum Gasteiger partial charge on any atom is 0.183 e. The third kappa shape index (κ3) is 1.44. The summed E-state index contributed by atoms with van der Waals surface area (Å²) < 4.78 is 0. The number of aromatic nitrogens is 1. The van der Waals surface area contributed by atoms with Crippen molar-refractivity contribution in [2.45, 2.75) is 19.4 Å². The van der Waals surface area contributed by atoms with Crippen molar-refractivity contribution in [3.63, 3.8) is 0 Å². The number of hydrogen-bond donors (Lipinski definition) is 2. The molecule has 3 nitrogen and oxygen atoms in total. The van der Waals surface area contributed by atoms with Crippen molar-refractivity contribution in [3.05, 3.63) is 11.1 Å². The highest BCUT2D eigenvalue weighted by atomic mass is 32.1. The van der Waals surface area contributed by atoms with Gasteiger partial charge in [0.25, 0.3) is 0 Å². The Bertz CT molecular complexity index is 278. The molecule has 66 valence electrons. The van der Waals surface area contributed by atoms with Gasteiger partial charge in [-0.1, -0.05) is 0 Å². The Morgan fingerprint density at radius 1 is 1.67 bits per heavy atom. The summed E-state index contributed by atoms with van der Waals surface area (Å²) in [5.41, 5.74) is 1.32. The average Bonchev–Trinajstić information content (AvgIpc) is 2.32. The van der Waals surface area contributed by atoms with Crippen LogP contribution in [-0.4, -0.2) is 23.6 Å². The van der Waals surface area contributed by atoms with E-state index in [-0.39, 0.29) is 5.54 Å². The summed E-state index contributed by atoms with van der Waals surface area (Å²) >= 11 is 1.68. The Morgan fingerprint density at radius 2 is 2.42 bits per heavy atom. The lowest BCUT2D eigenvalue weighted by molar-refractivity contribution is 0.338. The van der Waals surface area contributed by atoms with Gasteiger partial charge in [0.2, 0.25) is 0 Å². The van der Waals surface area contributed by atoms with Crippen LogP contribution in [0.3, 0.4) is 0 Å². The second-order valence-electron chi connectivity index (χ2n) is 3.58. The number of anilines is 1. The number of nitrogens with zero attached hydrogens (tertiary/aromatic N) is 1. The van der Waals surface area contributed by atoms with Gasteiger partial charge in [-0.2, -0.15) is 0 Å². The predicted molar refractivity (Wildman–Crippen MR) is 51.7 cm³/mol. The zero-order valence-corrected chi connectivity index (χ0v) is 8.16. The SMILES string of the molecule is Cc1csc(NC2(C)CNC2)n1. The van der Waals surface area contributed by atoms with Crippen molar-refractivity contribution in [3.8, 4) is 0 Å². The first-order valence-electron chi connectivity index (χ1n) is 4.09. The molecular weight excluding hydrogens is 170 g/mol. The summed E-state index contributed by atoms with van der Waals surface area (Å²) in [6.45, 7) is 6.29. The van der Waals surface area contributed by atoms with E-state index in [1.165, 1.54) is 0 Å². The number of rotatable bonds is 2. The van der Waals surface area contributed by atoms with Crippen LogP contribution in [0, 0.1) is 6.92 Å². The maximum atomic E-state index is 4.36. The lowest BCUT2D eigenvalue weighted by Crippen LogP contribution is -2.62. The van der Waals surface area contributed by atoms with Crippen LogP contribution >= 0.6 is 11.3 Å². The monoisotopic (exact) mass is 183 g/mol. The molecule has 12 heavy (non-hydrogen) atoms. The topological polar surface area (TPSA) is 37.0 Å². The highest BCUT2D eigenvalue weighted by Crippen LogP contribution is 2.21. The molecule has 2 N–H and O–H groups in total. The van der Waals surface area contributed by atoms with E-state index < -0.39 is 0 Å². The Labute approximate surface area is 76.2 Å². The second-order valence-corrected chi connectivity index (χ2v) is 4.44. The zero-order valence-electron chi connectivity index (χ0n) is 7.35. The number of nitrogens with one attached hydrogen (secondary N) is 2. The third-order valence-electron chi connectivity index (χ3n) is 2.06. The third-order valence-corrected chi connectivity index (χ3v) is 2.93. The molecule has 0 aliphatic carbocycles. The van der Waals surface area contributed by atoms with Crippen LogP contribution in [0.15, 0.2) is 5.38 Å². The molecule has 0 unspecified atom stereocenters. The molecule has 0 aromatic carbocycles. The molecule has 0 bridgehead atoms. The van der Waals surface area contributed by atoms with Crippen LogP contribution in [0.1, 0.15) is 12.6 Å². The van der Waals surface area contributed by atoms with E-state index in [1.807, 2.05) is 6.92 Å². The first-order valence-corrected chi connectivity index (χ1v) is 4.97. The van der Waals surface area contributed by atoms with Crippen LogP contribution in [0.25, 0.3) is 0 Å². The molecule has 0 spiro atoms. The van der Waals surface area contributed by atoms with Crippen molar-refractivity contribution in [1.82, 2.24) is 10.3 Å². The fourth-order valence-electron chi connectivity index (χ4n) is 1.26. The lowest BCUT2D eigenvalue weighted by atomic mass is 9.96. The molecule has 1 aliphatic rings. The van der Waals surface area contributed by atoms with Gasteiger partial charge >= 0.3 is 0 Å². The normalized spacial score (nSPS) is 20.2. The summed E-state index contributed by atoms with van der Waals surface area (Å²) in [4.78, 5) is 4.36. The average molecular weight is 183 g/mol. The minimum atomic E-state index is 0.226. The van der Waals surface area contributed by atoms with Gasteiger partial charge in [-0.3, -0.25) is 0 Å². The van der Waals surface area contributed by atoms with Gasteiger partial charge in [0, 0.05) is 18.5 Å².